The van der Waals surface area contributed by atoms with Gasteiger partial charge in [0.2, 0.25) is 0 Å². The van der Waals surface area contributed by atoms with Crippen LogP contribution in [0.15, 0.2) is 66.9 Å². The minimum atomic E-state index is -3.67. The molecule has 0 fully saturated rings. The maximum absolute atomic E-state index is 9.67. The molecular formula is C78H100BF3MnN9O4+. The van der Waals surface area contributed by atoms with Crippen molar-refractivity contribution in [2.75, 3.05) is 13.2 Å². The van der Waals surface area contributed by atoms with Gasteiger partial charge in [0.15, 0.2) is 6.20 Å². The number of rotatable bonds is 11. The monoisotopic (exact) mass is 1350 g/mol. The van der Waals surface area contributed by atoms with E-state index >= 15 is 0 Å². The van der Waals surface area contributed by atoms with Crippen LogP contribution in [0.4, 0.5) is 12.9 Å². The SMILES string of the molecule is CC(=O)O.CC(C)C=O.CC(C)c1c2nc(c(C(C)C)c3ccc([n-]3)c(C(C)C)c3nc(c(C(C)C)c4ccc1[n-]4)C=C3)C=C2.CC(C)c1c2nc(c(C(C)C)c3ccc([nH]3)c(C(C)C)c3ccc([nH]3)c(C(C)C)c3nc1C=C3)C=C2.CCOCC.FB(F)F.[C+]1=CC=CN1.[Mn+2]. The largest absolute Gasteiger partial charge is 2.00 e. The maximum atomic E-state index is 9.67. The summed E-state index contributed by atoms with van der Waals surface area (Å²) in [5, 5.41) is 10.2. The molecule has 0 saturated carbocycles. The van der Waals surface area contributed by atoms with Crippen molar-refractivity contribution < 1.29 is 49.4 Å². The van der Waals surface area contributed by atoms with Crippen LogP contribution in [0.2, 0.25) is 0 Å². The Labute approximate surface area is 579 Å². The Morgan fingerprint density at radius 2 is 0.698 bits per heavy atom. The van der Waals surface area contributed by atoms with Crippen LogP contribution < -0.4 is 15.3 Å². The zero-order valence-corrected chi connectivity index (χ0v) is 61.3. The Kier molecular flexibility index (Phi) is 31.8. The van der Waals surface area contributed by atoms with Gasteiger partial charge in [-0.2, -0.15) is 0 Å². The van der Waals surface area contributed by atoms with Crippen LogP contribution >= 0.6 is 0 Å². The third kappa shape index (κ3) is 21.7. The molecule has 18 heteroatoms. The van der Waals surface area contributed by atoms with Crippen molar-refractivity contribution in [3.63, 3.8) is 0 Å². The van der Waals surface area contributed by atoms with Crippen molar-refractivity contribution >= 4 is 113 Å². The fourth-order valence-corrected chi connectivity index (χ4v) is 11.7. The van der Waals surface area contributed by atoms with Crippen LogP contribution in [0.25, 0.3) is 92.7 Å². The number of carbonyl (C=O) groups excluding carboxylic acids is 1. The number of hydrogen-bond acceptors (Lipinski definition) is 8. The minimum Gasteiger partial charge on any atom is -0.657 e. The number of carboxylic acid groups (broad SMARTS) is 1. The number of nitrogens with zero attached hydrogens (tertiary/aromatic N) is 6. The number of carboxylic acids is 1. The molecule has 5 aliphatic heterocycles. The average molecular weight is 1350 g/mol. The van der Waals surface area contributed by atoms with E-state index in [0.717, 1.165) is 116 Å². The van der Waals surface area contributed by atoms with Gasteiger partial charge in [-0.25, -0.2) is 25.3 Å². The molecule has 4 N–H and O–H groups in total. The fraction of sp³-hybridized carbons (Fsp3) is 0.410. The number of aliphatic carboxylic acids is 1. The Morgan fingerprint density at radius 1 is 0.469 bits per heavy atom. The van der Waals surface area contributed by atoms with Gasteiger partial charge in [-0.15, -0.1) is 22.1 Å². The van der Waals surface area contributed by atoms with Crippen molar-refractivity contribution in [1.29, 1.82) is 0 Å². The van der Waals surface area contributed by atoms with Gasteiger partial charge in [0.05, 0.1) is 45.6 Å². The van der Waals surface area contributed by atoms with Crippen molar-refractivity contribution in [2.24, 2.45) is 5.92 Å². The van der Waals surface area contributed by atoms with Crippen LogP contribution in [0.3, 0.4) is 0 Å². The van der Waals surface area contributed by atoms with Gasteiger partial charge in [0, 0.05) is 70.4 Å². The predicted octanol–water partition coefficient (Wildman–Crippen LogP) is 20.8. The van der Waals surface area contributed by atoms with Gasteiger partial charge < -0.3 is 34.6 Å². The predicted molar refractivity (Wildman–Crippen MR) is 394 cm³/mol. The molecule has 1 radical (unpaired) electrons. The summed E-state index contributed by atoms with van der Waals surface area (Å²) in [7, 11) is -3.67. The molecule has 0 spiro atoms. The number of aromatic amines is 2. The van der Waals surface area contributed by atoms with Crippen LogP contribution in [-0.4, -0.2) is 68.0 Å². The van der Waals surface area contributed by atoms with E-state index in [0.29, 0.717) is 23.7 Å². The van der Waals surface area contributed by atoms with E-state index in [1.807, 2.05) is 46.0 Å². The summed E-state index contributed by atoms with van der Waals surface area (Å²) in [4.78, 5) is 57.0. The van der Waals surface area contributed by atoms with E-state index in [-0.39, 0.29) is 46.7 Å². The Balaban J connectivity index is 0.000000305. The summed E-state index contributed by atoms with van der Waals surface area (Å²) in [6.45, 7) is 46.2. The standard InChI is InChI=1S/C32H38N4.C32H36N4.C4H4N.C4H8O.C4H10O.C2H4O2.BF3.Mn/c2*1-17(2)29-21-9-11-23(33-21)30(18(3)4)25-13-15-27(35-25)32(20(7)8)28-16-14-26(36-28)31(19(5)6)24-12-10-22(29)34-24;1-2-4-5-3-1;1-4(2)3-5;1-3-5-4-2;1-2(3)4;2-1(3)4;/h9-20,33-34H,1-8H3;9-20H,1-8H3;1-3,5H;3-4H,1-2H3;3-4H2,1-2H3;1H3,(H,3,4);;/q;-2;+1;;;;;+2. The van der Waals surface area contributed by atoms with E-state index in [9.17, 15) is 17.7 Å². The van der Waals surface area contributed by atoms with Crippen LogP contribution in [0, 0.1) is 12.1 Å². The Morgan fingerprint density at radius 3 is 0.875 bits per heavy atom. The third-order valence-corrected chi connectivity index (χ3v) is 15.4. The van der Waals surface area contributed by atoms with Gasteiger partial charge in [-0.05, 0) is 156 Å². The second-order valence-corrected chi connectivity index (χ2v) is 26.2. The molecular weight excluding hydrogens is 1250 g/mol. The van der Waals surface area contributed by atoms with Gasteiger partial charge in [0.1, 0.15) is 24.6 Å². The van der Waals surface area contributed by atoms with Crippen molar-refractivity contribution in [2.45, 2.75) is 193 Å². The minimum absolute atomic E-state index is 0. The summed E-state index contributed by atoms with van der Waals surface area (Å²) >= 11 is 0. The summed E-state index contributed by atoms with van der Waals surface area (Å²) in [5.41, 5.74) is 26.3. The number of aromatic nitrogens is 8. The topological polar surface area (TPSA) is 187 Å². The van der Waals surface area contributed by atoms with Gasteiger partial charge >= 0.3 is 24.6 Å². The molecule has 11 heterocycles. The van der Waals surface area contributed by atoms with Gasteiger partial charge in [0.25, 0.3) is 5.97 Å². The number of hydrogen-bond donors (Lipinski definition) is 4. The molecule has 511 valence electrons. The number of nitrogens with one attached hydrogen (secondary N) is 3. The van der Waals surface area contributed by atoms with Gasteiger partial charge in [-0.3, -0.25) is 17.7 Å². The second-order valence-electron chi connectivity index (χ2n) is 26.2. The molecule has 0 unspecified atom stereocenters. The van der Waals surface area contributed by atoms with Crippen molar-refractivity contribution in [1.82, 2.24) is 45.2 Å². The zero-order chi connectivity index (χ0) is 70.5. The Hall–Kier alpha value is -8.14. The van der Waals surface area contributed by atoms with Crippen LogP contribution in [0.1, 0.15) is 283 Å². The summed E-state index contributed by atoms with van der Waals surface area (Å²) in [6, 6.07) is 17.5. The van der Waals surface area contributed by atoms with Crippen molar-refractivity contribution in [3.8, 4) is 0 Å². The van der Waals surface area contributed by atoms with E-state index in [1.165, 1.54) is 44.5 Å². The number of H-pyrrole nitrogens is 2. The quantitative estimate of drug-likeness (QED) is 0.0548. The molecule has 16 bridgehead atoms. The molecule has 13 nitrogen and oxygen atoms in total. The number of carbonyl (C=O) groups is 2. The van der Waals surface area contributed by atoms with E-state index < -0.39 is 13.5 Å². The number of ether oxygens (including phenoxy) is 1. The van der Waals surface area contributed by atoms with Crippen molar-refractivity contribution in [3.05, 3.63) is 163 Å². The molecule has 0 amide bonds. The smallest absolute Gasteiger partial charge is 0.657 e. The molecule has 6 aromatic rings. The molecule has 0 atom stereocenters. The Bertz CT molecular complexity index is 3770. The van der Waals surface area contributed by atoms with E-state index in [4.69, 9.17) is 44.5 Å². The summed E-state index contributed by atoms with van der Waals surface area (Å²) in [6.07, 6.45) is 26.4. The summed E-state index contributed by atoms with van der Waals surface area (Å²) in [5.74, 6) is 1.82. The molecule has 5 aliphatic rings. The third-order valence-electron chi connectivity index (χ3n) is 15.4. The van der Waals surface area contributed by atoms with Crippen LogP contribution in [-0.2, 0) is 31.4 Å². The van der Waals surface area contributed by atoms with E-state index in [2.05, 4.69) is 229 Å². The number of aldehydes is 1. The molecule has 0 aliphatic carbocycles. The number of allylic oxidation sites excluding steroid dienone is 2. The fourth-order valence-electron chi connectivity index (χ4n) is 11.7. The molecule has 0 saturated heterocycles. The van der Waals surface area contributed by atoms with E-state index in [1.54, 1.807) is 0 Å². The first-order valence-electron chi connectivity index (χ1n) is 33.3. The van der Waals surface area contributed by atoms with Crippen LogP contribution in [0.5, 0.6) is 0 Å². The van der Waals surface area contributed by atoms with Gasteiger partial charge in [-0.1, -0.05) is 149 Å². The number of halogens is 3. The molecule has 11 rings (SSSR count). The average Bonchev–Trinajstić information content (AvgIpc) is 1.64. The first-order chi connectivity index (χ1) is 44.9. The maximum Gasteiger partial charge on any atom is 2.00 e. The second kappa shape index (κ2) is 38.0. The number of fused-ring (bicyclic) bond motifs is 16. The first kappa shape index (κ1) is 80.3. The molecule has 6 aromatic heterocycles. The molecule has 96 heavy (non-hydrogen) atoms. The zero-order valence-electron chi connectivity index (χ0n) is 60.1. The summed E-state index contributed by atoms with van der Waals surface area (Å²) < 4.78 is 33.8. The first-order valence-corrected chi connectivity index (χ1v) is 33.3. The normalized spacial score (nSPS) is 12.1. The molecule has 0 aromatic carbocycles.